The third-order valence-corrected chi connectivity index (χ3v) is 4.31. The minimum absolute atomic E-state index is 0.0460. The lowest BCUT2D eigenvalue weighted by Crippen LogP contribution is -2.36. The third kappa shape index (κ3) is 2.73. The summed E-state index contributed by atoms with van der Waals surface area (Å²) in [4.78, 5) is 17.5. The first kappa shape index (κ1) is 14.0. The number of aromatic amines is 1. The van der Waals surface area contributed by atoms with Gasteiger partial charge in [0, 0.05) is 29.9 Å². The number of H-pyrrole nitrogens is 1. The van der Waals surface area contributed by atoms with Crippen molar-refractivity contribution in [1.82, 2.24) is 4.98 Å². The number of rotatable bonds is 2. The van der Waals surface area contributed by atoms with E-state index in [0.29, 0.717) is 0 Å². The maximum Gasteiger partial charge on any atom is 0.256 e. The van der Waals surface area contributed by atoms with Gasteiger partial charge in [-0.25, -0.2) is 0 Å². The van der Waals surface area contributed by atoms with Crippen molar-refractivity contribution in [3.8, 4) is 11.3 Å². The van der Waals surface area contributed by atoms with Crippen LogP contribution in [0.5, 0.6) is 0 Å². The van der Waals surface area contributed by atoms with Crippen molar-refractivity contribution < 1.29 is 4.74 Å². The van der Waals surface area contributed by atoms with Crippen LogP contribution in [0, 0.1) is 0 Å². The van der Waals surface area contributed by atoms with Crippen molar-refractivity contribution in [3.63, 3.8) is 0 Å². The second-order valence-corrected chi connectivity index (χ2v) is 5.75. The summed E-state index contributed by atoms with van der Waals surface area (Å²) in [6.07, 6.45) is 0. The van der Waals surface area contributed by atoms with E-state index in [0.717, 1.165) is 48.3 Å². The molecular weight excluding hydrogens is 288 g/mol. The van der Waals surface area contributed by atoms with E-state index in [-0.39, 0.29) is 5.56 Å². The number of aromatic nitrogens is 1. The standard InChI is InChI=1S/C19H18N2O2/c22-19-17-4-2-1-3-15(17)13-18(20-19)14-5-7-16(8-6-14)21-9-11-23-12-10-21/h1-8,13H,9-12H2,(H,20,22). The largest absolute Gasteiger partial charge is 0.378 e. The molecule has 0 radical (unpaired) electrons. The highest BCUT2D eigenvalue weighted by molar-refractivity contribution is 5.85. The molecule has 1 N–H and O–H groups in total. The smallest absolute Gasteiger partial charge is 0.256 e. The van der Waals surface area contributed by atoms with E-state index in [1.165, 1.54) is 5.69 Å². The monoisotopic (exact) mass is 306 g/mol. The third-order valence-electron chi connectivity index (χ3n) is 4.31. The molecule has 4 nitrogen and oxygen atoms in total. The van der Waals surface area contributed by atoms with Crippen LogP contribution in [0.4, 0.5) is 5.69 Å². The summed E-state index contributed by atoms with van der Waals surface area (Å²) in [7, 11) is 0. The van der Waals surface area contributed by atoms with Gasteiger partial charge in [-0.1, -0.05) is 30.3 Å². The Kier molecular flexibility index (Phi) is 3.60. The van der Waals surface area contributed by atoms with Crippen molar-refractivity contribution in [2.45, 2.75) is 0 Å². The average molecular weight is 306 g/mol. The highest BCUT2D eigenvalue weighted by Gasteiger charge is 2.11. The number of pyridine rings is 1. The number of hydrogen-bond acceptors (Lipinski definition) is 3. The molecule has 0 amide bonds. The maximum absolute atomic E-state index is 12.2. The first-order chi connectivity index (χ1) is 11.3. The number of benzene rings is 2. The van der Waals surface area contributed by atoms with Gasteiger partial charge in [-0.05, 0) is 35.2 Å². The predicted molar refractivity (Wildman–Crippen MR) is 93.0 cm³/mol. The molecule has 1 fully saturated rings. The van der Waals surface area contributed by atoms with Crippen molar-refractivity contribution in [1.29, 1.82) is 0 Å². The van der Waals surface area contributed by atoms with Crippen LogP contribution in [0.15, 0.2) is 59.4 Å². The van der Waals surface area contributed by atoms with Gasteiger partial charge in [-0.15, -0.1) is 0 Å². The Balaban J connectivity index is 1.69. The molecule has 23 heavy (non-hydrogen) atoms. The molecule has 0 atom stereocenters. The zero-order valence-electron chi connectivity index (χ0n) is 12.8. The highest BCUT2D eigenvalue weighted by Crippen LogP contribution is 2.23. The van der Waals surface area contributed by atoms with Crippen LogP contribution in [0.1, 0.15) is 0 Å². The zero-order chi connectivity index (χ0) is 15.6. The lowest BCUT2D eigenvalue weighted by atomic mass is 10.1. The summed E-state index contributed by atoms with van der Waals surface area (Å²) in [6, 6.07) is 18.0. The second kappa shape index (κ2) is 5.89. The molecule has 0 aliphatic carbocycles. The number of ether oxygens (including phenoxy) is 1. The predicted octanol–water partition coefficient (Wildman–Crippen LogP) is 3.03. The molecule has 4 rings (SSSR count). The Morgan fingerprint density at radius 2 is 1.70 bits per heavy atom. The first-order valence-corrected chi connectivity index (χ1v) is 7.86. The topological polar surface area (TPSA) is 45.3 Å². The molecule has 2 aromatic carbocycles. The fourth-order valence-electron chi connectivity index (χ4n) is 3.04. The molecule has 0 unspecified atom stereocenters. The van der Waals surface area contributed by atoms with Crippen LogP contribution in [-0.4, -0.2) is 31.3 Å². The van der Waals surface area contributed by atoms with Crippen LogP contribution in [0.25, 0.3) is 22.0 Å². The molecule has 1 aromatic heterocycles. The maximum atomic E-state index is 12.2. The highest BCUT2D eigenvalue weighted by atomic mass is 16.5. The Bertz CT molecular complexity index is 878. The van der Waals surface area contributed by atoms with E-state index in [1.807, 2.05) is 30.3 Å². The van der Waals surface area contributed by atoms with E-state index in [2.05, 4.69) is 34.1 Å². The Morgan fingerprint density at radius 3 is 2.48 bits per heavy atom. The summed E-state index contributed by atoms with van der Waals surface area (Å²) >= 11 is 0. The van der Waals surface area contributed by atoms with E-state index < -0.39 is 0 Å². The summed E-state index contributed by atoms with van der Waals surface area (Å²) < 4.78 is 5.39. The molecule has 0 spiro atoms. The molecule has 0 saturated carbocycles. The number of hydrogen-bond donors (Lipinski definition) is 1. The molecule has 0 bridgehead atoms. The van der Waals surface area contributed by atoms with E-state index in [1.54, 1.807) is 0 Å². The molecule has 2 heterocycles. The Labute approximate surface area is 134 Å². The van der Waals surface area contributed by atoms with E-state index >= 15 is 0 Å². The van der Waals surface area contributed by atoms with Crippen molar-refractivity contribution in [2.24, 2.45) is 0 Å². The molecular formula is C19H18N2O2. The number of morpholine rings is 1. The fraction of sp³-hybridized carbons (Fsp3) is 0.211. The fourth-order valence-corrected chi connectivity index (χ4v) is 3.04. The second-order valence-electron chi connectivity index (χ2n) is 5.75. The van der Waals surface area contributed by atoms with Gasteiger partial charge in [0.25, 0.3) is 5.56 Å². The first-order valence-electron chi connectivity index (χ1n) is 7.86. The van der Waals surface area contributed by atoms with E-state index in [9.17, 15) is 4.79 Å². The molecule has 3 aromatic rings. The minimum atomic E-state index is -0.0460. The SMILES string of the molecule is O=c1[nH]c(-c2ccc(N3CCOCC3)cc2)cc2ccccc12. The van der Waals surface area contributed by atoms with Gasteiger partial charge in [0.15, 0.2) is 0 Å². The molecule has 4 heteroatoms. The lowest BCUT2D eigenvalue weighted by molar-refractivity contribution is 0.122. The van der Waals surface area contributed by atoms with Gasteiger partial charge in [0.1, 0.15) is 0 Å². The number of anilines is 1. The molecule has 1 aliphatic heterocycles. The summed E-state index contributed by atoms with van der Waals surface area (Å²) in [6.45, 7) is 3.40. The van der Waals surface area contributed by atoms with Crippen LogP contribution in [-0.2, 0) is 4.74 Å². The van der Waals surface area contributed by atoms with Gasteiger partial charge >= 0.3 is 0 Å². The van der Waals surface area contributed by atoms with Gasteiger partial charge in [0.2, 0.25) is 0 Å². The quantitative estimate of drug-likeness (QED) is 0.791. The van der Waals surface area contributed by atoms with Crippen LogP contribution >= 0.6 is 0 Å². The summed E-state index contributed by atoms with van der Waals surface area (Å²) in [5, 5.41) is 1.68. The van der Waals surface area contributed by atoms with Crippen molar-refractivity contribution in [2.75, 3.05) is 31.2 Å². The summed E-state index contributed by atoms with van der Waals surface area (Å²) in [5.74, 6) is 0. The lowest BCUT2D eigenvalue weighted by Gasteiger charge is -2.28. The van der Waals surface area contributed by atoms with Gasteiger partial charge in [-0.2, -0.15) is 0 Å². The van der Waals surface area contributed by atoms with Crippen LogP contribution in [0.3, 0.4) is 0 Å². The van der Waals surface area contributed by atoms with Crippen LogP contribution < -0.4 is 10.5 Å². The van der Waals surface area contributed by atoms with E-state index in [4.69, 9.17) is 4.74 Å². The van der Waals surface area contributed by atoms with Crippen LogP contribution in [0.2, 0.25) is 0 Å². The zero-order valence-corrected chi connectivity index (χ0v) is 12.8. The van der Waals surface area contributed by atoms with Crippen molar-refractivity contribution in [3.05, 3.63) is 65.0 Å². The molecule has 1 aliphatic rings. The number of nitrogens with one attached hydrogen (secondary N) is 1. The number of fused-ring (bicyclic) bond motifs is 1. The Morgan fingerprint density at radius 1 is 0.957 bits per heavy atom. The molecule has 116 valence electrons. The number of nitrogens with zero attached hydrogens (tertiary/aromatic N) is 1. The Hall–Kier alpha value is -2.59. The van der Waals surface area contributed by atoms with Crippen molar-refractivity contribution >= 4 is 16.5 Å². The molecule has 1 saturated heterocycles. The van der Waals surface area contributed by atoms with Gasteiger partial charge < -0.3 is 14.6 Å². The van der Waals surface area contributed by atoms with Gasteiger partial charge in [0.05, 0.1) is 13.2 Å². The average Bonchev–Trinajstić information content (AvgIpc) is 2.63. The van der Waals surface area contributed by atoms with Gasteiger partial charge in [-0.3, -0.25) is 4.79 Å². The minimum Gasteiger partial charge on any atom is -0.378 e. The normalized spacial score (nSPS) is 15.0. The summed E-state index contributed by atoms with van der Waals surface area (Å²) in [5.41, 5.74) is 3.02.